The van der Waals surface area contributed by atoms with Crippen molar-refractivity contribution in [3.05, 3.63) is 97.3 Å². The third-order valence-electron chi connectivity index (χ3n) is 9.03. The number of hydrogen-bond donors (Lipinski definition) is 2. The number of pyridine rings is 2. The molecule has 0 aliphatic carbocycles. The van der Waals surface area contributed by atoms with Crippen LogP contribution in [-0.2, 0) is 0 Å². The number of nitrogens with one attached hydrogen (secondary N) is 1. The van der Waals surface area contributed by atoms with Crippen LogP contribution in [0.5, 0.6) is 0 Å². The molecule has 8 rings (SSSR count). The lowest BCUT2D eigenvalue weighted by Gasteiger charge is -2.34. The van der Waals surface area contributed by atoms with Gasteiger partial charge in [0.1, 0.15) is 22.7 Å². The standard InChI is InChI=1S/C18H21BN4O.C17H18N4.CH4/c1-19(24)22-12-9-15(10-13-22)23-17(14-6-3-2-4-7-14)21-16-8-5-11-20-18(16)23;1-2-5-13(6-3-1)16-20-15-7-4-10-19-17(15)21(16)14-8-11-18-12-9-14;/h2-8,11,15,24H,9-10,12-13H2,1H3;1-7,10,14,18H,8-9,11-12H2;1H4. The van der Waals surface area contributed by atoms with Crippen molar-refractivity contribution in [2.24, 2.45) is 0 Å². The lowest BCUT2D eigenvalue weighted by atomic mass is 9.82. The van der Waals surface area contributed by atoms with Gasteiger partial charge in [0.2, 0.25) is 0 Å². The number of fused-ring (bicyclic) bond motifs is 2. The first kappa shape index (κ1) is 31.6. The molecule has 236 valence electrons. The number of rotatable bonds is 5. The minimum atomic E-state index is -0.378. The smallest absolute Gasteiger partial charge is 0.376 e. The predicted octanol–water partition coefficient (Wildman–Crippen LogP) is 6.50. The largest absolute Gasteiger partial charge is 0.437 e. The van der Waals surface area contributed by atoms with Crippen molar-refractivity contribution in [2.45, 2.75) is 52.0 Å². The summed E-state index contributed by atoms with van der Waals surface area (Å²) in [6.45, 7) is 5.74. The molecule has 0 bridgehead atoms. The Balaban J connectivity index is 0.000000159. The Bertz CT molecular complexity index is 1840. The Kier molecular flexibility index (Phi) is 9.87. The summed E-state index contributed by atoms with van der Waals surface area (Å²) in [5, 5.41) is 13.2. The minimum absolute atomic E-state index is 0. The SMILES string of the molecule is C.CB(O)N1CCC(n2c(-c3ccccc3)nc3cccnc32)CC1.c1ccc(-c2nc3cccnc3n2C2CCNCC2)cc1. The molecule has 2 aliphatic rings. The summed E-state index contributed by atoms with van der Waals surface area (Å²) in [7, 11) is -0.378. The van der Waals surface area contributed by atoms with E-state index in [1.54, 1.807) is 0 Å². The van der Waals surface area contributed by atoms with E-state index in [1.165, 1.54) is 0 Å². The summed E-state index contributed by atoms with van der Waals surface area (Å²) >= 11 is 0. The van der Waals surface area contributed by atoms with Gasteiger partial charge < -0.3 is 24.3 Å². The lowest BCUT2D eigenvalue weighted by Crippen LogP contribution is -2.43. The summed E-state index contributed by atoms with van der Waals surface area (Å²) in [6, 6.07) is 29.5. The second-order valence-corrected chi connectivity index (χ2v) is 11.9. The van der Waals surface area contributed by atoms with E-state index in [9.17, 15) is 5.02 Å². The molecule has 6 aromatic rings. The molecule has 0 unspecified atom stereocenters. The van der Waals surface area contributed by atoms with Gasteiger partial charge >= 0.3 is 7.05 Å². The highest BCUT2D eigenvalue weighted by atomic mass is 16.2. The van der Waals surface area contributed by atoms with E-state index in [0.29, 0.717) is 12.1 Å². The molecule has 0 atom stereocenters. The van der Waals surface area contributed by atoms with Crippen molar-refractivity contribution in [1.82, 2.24) is 39.2 Å². The average molecular weight is 615 g/mol. The van der Waals surface area contributed by atoms with Gasteiger partial charge in [0.15, 0.2) is 11.3 Å². The van der Waals surface area contributed by atoms with Crippen LogP contribution in [0.1, 0.15) is 45.2 Å². The first-order chi connectivity index (χ1) is 22.2. The molecule has 2 fully saturated rings. The Morgan fingerprint density at radius 1 is 0.652 bits per heavy atom. The van der Waals surface area contributed by atoms with E-state index in [-0.39, 0.29) is 14.5 Å². The maximum absolute atomic E-state index is 9.79. The number of imidazole rings is 2. The van der Waals surface area contributed by atoms with Gasteiger partial charge in [0.05, 0.1) is 0 Å². The molecule has 0 amide bonds. The fourth-order valence-corrected chi connectivity index (χ4v) is 6.72. The zero-order chi connectivity index (χ0) is 30.6. The Labute approximate surface area is 271 Å². The molecule has 9 nitrogen and oxygen atoms in total. The highest BCUT2D eigenvalue weighted by Gasteiger charge is 2.28. The average Bonchev–Trinajstić information content (AvgIpc) is 3.69. The second kappa shape index (κ2) is 14.4. The summed E-state index contributed by atoms with van der Waals surface area (Å²) in [5.41, 5.74) is 6.15. The summed E-state index contributed by atoms with van der Waals surface area (Å²) < 4.78 is 4.63. The number of nitrogens with zero attached hydrogens (tertiary/aromatic N) is 7. The predicted molar refractivity (Wildman–Crippen MR) is 187 cm³/mol. The van der Waals surface area contributed by atoms with Crippen LogP contribution in [0.15, 0.2) is 97.3 Å². The van der Waals surface area contributed by atoms with Crippen molar-refractivity contribution in [1.29, 1.82) is 0 Å². The highest BCUT2D eigenvalue weighted by molar-refractivity contribution is 6.45. The molecule has 2 saturated heterocycles. The quantitative estimate of drug-likeness (QED) is 0.214. The summed E-state index contributed by atoms with van der Waals surface area (Å²) in [5.74, 6) is 2.02. The van der Waals surface area contributed by atoms with E-state index < -0.39 is 0 Å². The van der Waals surface area contributed by atoms with Crippen LogP contribution in [0.2, 0.25) is 6.82 Å². The van der Waals surface area contributed by atoms with Gasteiger partial charge in [-0.1, -0.05) is 68.1 Å². The van der Waals surface area contributed by atoms with Crippen LogP contribution < -0.4 is 5.32 Å². The van der Waals surface area contributed by atoms with Gasteiger partial charge in [-0.25, -0.2) is 19.9 Å². The molecule has 0 spiro atoms. The maximum atomic E-state index is 9.79. The monoisotopic (exact) mass is 614 g/mol. The zero-order valence-electron chi connectivity index (χ0n) is 25.7. The molecular weight excluding hydrogens is 571 g/mol. The molecule has 10 heteroatoms. The number of benzene rings is 2. The van der Waals surface area contributed by atoms with Crippen LogP contribution in [0.3, 0.4) is 0 Å². The number of aromatic nitrogens is 6. The molecule has 46 heavy (non-hydrogen) atoms. The van der Waals surface area contributed by atoms with Gasteiger partial charge in [-0.05, 0) is 83.0 Å². The fourth-order valence-electron chi connectivity index (χ4n) is 6.72. The molecule has 2 N–H and O–H groups in total. The van der Waals surface area contributed by atoms with Crippen molar-refractivity contribution < 1.29 is 5.02 Å². The Morgan fingerprint density at radius 3 is 1.57 bits per heavy atom. The van der Waals surface area contributed by atoms with Crippen molar-refractivity contribution >= 4 is 29.4 Å². The Hall–Kier alpha value is -4.38. The molecule has 4 aromatic heterocycles. The van der Waals surface area contributed by atoms with Crippen LogP contribution in [0.25, 0.3) is 45.1 Å². The van der Waals surface area contributed by atoms with Crippen molar-refractivity contribution in [3.63, 3.8) is 0 Å². The molecule has 0 saturated carbocycles. The van der Waals surface area contributed by atoms with Crippen molar-refractivity contribution in [3.8, 4) is 22.8 Å². The molecule has 0 radical (unpaired) electrons. The fraction of sp³-hybridized carbons (Fsp3) is 0.333. The molecular formula is C36H43BN8O. The topological polar surface area (TPSA) is 96.9 Å². The van der Waals surface area contributed by atoms with E-state index in [0.717, 1.165) is 97.0 Å². The van der Waals surface area contributed by atoms with Crippen LogP contribution in [0, 0.1) is 0 Å². The van der Waals surface area contributed by atoms with Gasteiger partial charge in [0, 0.05) is 35.6 Å². The van der Waals surface area contributed by atoms with Crippen LogP contribution in [0.4, 0.5) is 0 Å². The maximum Gasteiger partial charge on any atom is 0.376 e. The zero-order valence-corrected chi connectivity index (χ0v) is 25.7. The normalized spacial score (nSPS) is 16.1. The van der Waals surface area contributed by atoms with E-state index >= 15 is 0 Å². The van der Waals surface area contributed by atoms with Crippen LogP contribution >= 0.6 is 0 Å². The second-order valence-electron chi connectivity index (χ2n) is 11.9. The third kappa shape index (κ3) is 6.46. The van der Waals surface area contributed by atoms with Gasteiger partial charge in [-0.15, -0.1) is 0 Å². The highest BCUT2D eigenvalue weighted by Crippen LogP contribution is 2.33. The van der Waals surface area contributed by atoms with Crippen molar-refractivity contribution in [2.75, 3.05) is 26.2 Å². The Morgan fingerprint density at radius 2 is 1.11 bits per heavy atom. The molecule has 2 aliphatic heterocycles. The van der Waals surface area contributed by atoms with Gasteiger partial charge in [-0.2, -0.15) is 0 Å². The van der Waals surface area contributed by atoms with Gasteiger partial charge in [-0.3, -0.25) is 0 Å². The van der Waals surface area contributed by atoms with Gasteiger partial charge in [0.25, 0.3) is 0 Å². The first-order valence-electron chi connectivity index (χ1n) is 16.1. The molecule has 2 aromatic carbocycles. The third-order valence-corrected chi connectivity index (χ3v) is 9.03. The van der Waals surface area contributed by atoms with Crippen LogP contribution in [-0.4, -0.2) is 72.1 Å². The summed E-state index contributed by atoms with van der Waals surface area (Å²) in [4.78, 5) is 21.0. The first-order valence-corrected chi connectivity index (χ1v) is 16.1. The van der Waals surface area contributed by atoms with E-state index in [4.69, 9.17) is 9.97 Å². The van der Waals surface area contributed by atoms with E-state index in [2.05, 4.69) is 65.6 Å². The number of piperidine rings is 2. The number of hydrogen-bond acceptors (Lipinski definition) is 7. The minimum Gasteiger partial charge on any atom is -0.437 e. The lowest BCUT2D eigenvalue weighted by molar-refractivity contribution is 0.255. The summed E-state index contributed by atoms with van der Waals surface area (Å²) in [6.07, 6.45) is 7.93. The van der Waals surface area contributed by atoms with E-state index in [1.807, 2.05) is 67.7 Å². The molecule has 6 heterocycles.